The number of benzene rings is 2. The summed E-state index contributed by atoms with van der Waals surface area (Å²) in [7, 11) is 4.16. The van der Waals surface area contributed by atoms with Crippen molar-refractivity contribution >= 4 is 17.6 Å². The molecule has 8 nitrogen and oxygen atoms in total. The summed E-state index contributed by atoms with van der Waals surface area (Å²) in [5.41, 5.74) is 2.08. The van der Waals surface area contributed by atoms with Gasteiger partial charge in [0.05, 0.1) is 33.3 Å². The minimum absolute atomic E-state index is 0.0655. The highest BCUT2D eigenvalue weighted by atomic mass is 16.7. The minimum atomic E-state index is -1.13. The highest BCUT2D eigenvalue weighted by Crippen LogP contribution is 2.35. The van der Waals surface area contributed by atoms with Crippen LogP contribution in [0.25, 0.3) is 11.1 Å². The van der Waals surface area contributed by atoms with E-state index < -0.39 is 17.8 Å². The molecule has 0 N–H and O–H groups in total. The number of imidazole rings is 1. The second-order valence-electron chi connectivity index (χ2n) is 6.40. The van der Waals surface area contributed by atoms with Gasteiger partial charge in [0.25, 0.3) is 5.91 Å². The molecule has 0 saturated carbocycles. The Kier molecular flexibility index (Phi) is 6.82. The molecule has 8 heteroatoms. The number of aromatic nitrogens is 2. The predicted molar refractivity (Wildman–Crippen MR) is 111 cm³/mol. The van der Waals surface area contributed by atoms with E-state index in [0.717, 1.165) is 16.2 Å². The van der Waals surface area contributed by atoms with Gasteiger partial charge in [-0.25, -0.2) is 4.98 Å². The van der Waals surface area contributed by atoms with Crippen LogP contribution < -0.4 is 9.80 Å². The first kappa shape index (κ1) is 21.1. The van der Waals surface area contributed by atoms with Crippen molar-refractivity contribution < 1.29 is 23.9 Å². The predicted octanol–water partition coefficient (Wildman–Crippen LogP) is 2.94. The number of ether oxygens (including phenoxy) is 2. The lowest BCUT2D eigenvalue weighted by Crippen LogP contribution is -2.41. The first-order chi connectivity index (χ1) is 14.6. The molecule has 2 aromatic carbocycles. The van der Waals surface area contributed by atoms with E-state index in [1.54, 1.807) is 29.1 Å². The van der Waals surface area contributed by atoms with Crippen molar-refractivity contribution in [2.75, 3.05) is 26.4 Å². The maximum Gasteiger partial charge on any atom is 0.320 e. The van der Waals surface area contributed by atoms with Crippen LogP contribution >= 0.6 is 0 Å². The van der Waals surface area contributed by atoms with Crippen molar-refractivity contribution in [3.8, 4) is 16.9 Å². The van der Waals surface area contributed by atoms with Crippen LogP contribution in [0.15, 0.2) is 67.3 Å². The number of hydroxylamine groups is 1. The lowest BCUT2D eigenvalue weighted by atomic mass is 10.0. The van der Waals surface area contributed by atoms with E-state index in [-0.39, 0.29) is 6.54 Å². The molecule has 0 bridgehead atoms. The van der Waals surface area contributed by atoms with E-state index in [2.05, 4.69) is 4.98 Å². The number of hydrogen-bond acceptors (Lipinski definition) is 6. The summed E-state index contributed by atoms with van der Waals surface area (Å²) in [4.78, 5) is 35.2. The molecule has 3 aromatic rings. The highest BCUT2D eigenvalue weighted by molar-refractivity contribution is 6.06. The molecule has 0 unspecified atom stereocenters. The summed E-state index contributed by atoms with van der Waals surface area (Å²) in [6, 6.07) is 14.9. The van der Waals surface area contributed by atoms with Gasteiger partial charge in [0.1, 0.15) is 5.75 Å². The molecule has 1 aromatic heterocycles. The maximum atomic E-state index is 13.4. The summed E-state index contributed by atoms with van der Waals surface area (Å²) in [6.07, 6.45) is 4.77. The van der Waals surface area contributed by atoms with Crippen molar-refractivity contribution in [3.63, 3.8) is 0 Å². The van der Waals surface area contributed by atoms with E-state index in [4.69, 9.17) is 14.3 Å². The van der Waals surface area contributed by atoms with Crippen molar-refractivity contribution in [1.82, 2.24) is 9.55 Å². The van der Waals surface area contributed by atoms with Gasteiger partial charge in [-0.05, 0) is 17.7 Å². The number of carbonyl (C=O) groups is 2. The minimum Gasteiger partial charge on any atom is -0.497 e. The Balaban J connectivity index is 2.04. The summed E-state index contributed by atoms with van der Waals surface area (Å²) in [5.74, 6) is -1.81. The van der Waals surface area contributed by atoms with Gasteiger partial charge >= 0.3 is 5.97 Å². The standard InChI is InChI=1S/C22H23N3O5/c1-28-17-9-10-18(16-7-5-4-6-8-16)20(13-17)25(30-3)21(26)19(22(27)29-2)14-24-12-11-23-15-24/h4-13,15,19H,14H2,1-3H3/t19-/m0/s1. The zero-order valence-electron chi connectivity index (χ0n) is 17.0. The average Bonchev–Trinajstić information content (AvgIpc) is 3.31. The number of hydrogen-bond donors (Lipinski definition) is 0. The van der Waals surface area contributed by atoms with Crippen LogP contribution in [0, 0.1) is 5.92 Å². The fourth-order valence-electron chi connectivity index (χ4n) is 3.12. The lowest BCUT2D eigenvalue weighted by molar-refractivity contribution is -0.151. The van der Waals surface area contributed by atoms with Gasteiger partial charge in [-0.15, -0.1) is 0 Å². The van der Waals surface area contributed by atoms with Gasteiger partial charge in [0, 0.05) is 30.6 Å². The van der Waals surface area contributed by atoms with Crippen LogP contribution in [-0.2, 0) is 25.7 Å². The fourth-order valence-corrected chi connectivity index (χ4v) is 3.12. The number of rotatable bonds is 8. The van der Waals surface area contributed by atoms with Gasteiger partial charge in [-0.3, -0.25) is 14.4 Å². The molecule has 0 aliphatic carbocycles. The third kappa shape index (κ3) is 4.49. The number of esters is 1. The molecule has 156 valence electrons. The molecule has 0 aliphatic rings. The summed E-state index contributed by atoms with van der Waals surface area (Å²) < 4.78 is 11.8. The SMILES string of the molecule is COC(=O)[C@@H](Cn1ccnc1)C(=O)N(OC)c1cc(OC)ccc1-c1ccccc1. The third-order valence-corrected chi connectivity index (χ3v) is 4.63. The summed E-state index contributed by atoms with van der Waals surface area (Å²) in [6.45, 7) is 0.0655. The Morgan fingerprint density at radius 1 is 1.10 bits per heavy atom. The van der Waals surface area contributed by atoms with E-state index >= 15 is 0 Å². The molecule has 0 saturated heterocycles. The summed E-state index contributed by atoms with van der Waals surface area (Å²) >= 11 is 0. The molecule has 0 aliphatic heterocycles. The highest BCUT2D eigenvalue weighted by Gasteiger charge is 2.34. The van der Waals surface area contributed by atoms with E-state index in [1.165, 1.54) is 27.7 Å². The van der Waals surface area contributed by atoms with Crippen LogP contribution in [0.2, 0.25) is 0 Å². The van der Waals surface area contributed by atoms with Crippen molar-refractivity contribution in [3.05, 3.63) is 67.3 Å². The molecule has 0 radical (unpaired) electrons. The Hall–Kier alpha value is -3.65. The first-order valence-corrected chi connectivity index (χ1v) is 9.24. The zero-order valence-corrected chi connectivity index (χ0v) is 17.0. The van der Waals surface area contributed by atoms with Crippen LogP contribution in [-0.4, -0.2) is 42.8 Å². The Bertz CT molecular complexity index is 989. The van der Waals surface area contributed by atoms with E-state index in [1.807, 2.05) is 36.4 Å². The van der Waals surface area contributed by atoms with Gasteiger partial charge in [-0.2, -0.15) is 5.06 Å². The number of amides is 1. The smallest absolute Gasteiger partial charge is 0.320 e. The molecule has 0 spiro atoms. The van der Waals surface area contributed by atoms with Crippen LogP contribution in [0.3, 0.4) is 0 Å². The molecule has 1 heterocycles. The van der Waals surface area contributed by atoms with Crippen LogP contribution in [0.1, 0.15) is 0 Å². The Labute approximate surface area is 174 Å². The Morgan fingerprint density at radius 3 is 2.47 bits per heavy atom. The lowest BCUT2D eigenvalue weighted by Gasteiger charge is -2.26. The third-order valence-electron chi connectivity index (χ3n) is 4.63. The topological polar surface area (TPSA) is 82.9 Å². The van der Waals surface area contributed by atoms with Crippen LogP contribution in [0.4, 0.5) is 5.69 Å². The molecule has 1 atom stereocenters. The maximum absolute atomic E-state index is 13.4. The number of methoxy groups -OCH3 is 2. The van der Waals surface area contributed by atoms with E-state index in [9.17, 15) is 9.59 Å². The van der Waals surface area contributed by atoms with Crippen molar-refractivity contribution in [2.45, 2.75) is 6.54 Å². The number of carbonyl (C=O) groups excluding carboxylic acids is 2. The fraction of sp³-hybridized carbons (Fsp3) is 0.227. The monoisotopic (exact) mass is 409 g/mol. The largest absolute Gasteiger partial charge is 0.497 e. The van der Waals surface area contributed by atoms with Gasteiger partial charge in [0.2, 0.25) is 0 Å². The molecular weight excluding hydrogens is 386 g/mol. The molecular formula is C22H23N3O5. The quantitative estimate of drug-likeness (QED) is 0.323. The van der Waals surface area contributed by atoms with Gasteiger partial charge in [0.15, 0.2) is 5.92 Å². The second-order valence-corrected chi connectivity index (χ2v) is 6.40. The number of nitrogens with zero attached hydrogens (tertiary/aromatic N) is 3. The van der Waals surface area contributed by atoms with Crippen molar-refractivity contribution in [2.24, 2.45) is 5.92 Å². The average molecular weight is 409 g/mol. The molecule has 3 rings (SSSR count). The van der Waals surface area contributed by atoms with Gasteiger partial charge in [-0.1, -0.05) is 30.3 Å². The molecule has 1 amide bonds. The second kappa shape index (κ2) is 9.71. The first-order valence-electron chi connectivity index (χ1n) is 9.24. The molecule has 0 fully saturated rings. The molecule has 30 heavy (non-hydrogen) atoms. The number of anilines is 1. The zero-order chi connectivity index (χ0) is 21.5. The normalized spacial score (nSPS) is 11.6. The Morgan fingerprint density at radius 2 is 1.87 bits per heavy atom. The van der Waals surface area contributed by atoms with Crippen molar-refractivity contribution in [1.29, 1.82) is 0 Å². The van der Waals surface area contributed by atoms with Gasteiger partial charge < -0.3 is 14.0 Å². The van der Waals surface area contributed by atoms with E-state index in [0.29, 0.717) is 11.4 Å². The summed E-state index contributed by atoms with van der Waals surface area (Å²) in [5, 5.41) is 1.10. The van der Waals surface area contributed by atoms with Crippen LogP contribution in [0.5, 0.6) is 5.75 Å².